The highest BCUT2D eigenvalue weighted by molar-refractivity contribution is 6.33. The van der Waals surface area contributed by atoms with E-state index in [1.54, 1.807) is 13.1 Å². The summed E-state index contributed by atoms with van der Waals surface area (Å²) < 4.78 is 0. The Bertz CT molecular complexity index is 449. The number of anilines is 1. The standard InChI is InChI=1S/C15H24ClN3O/c1-10(2)6-5-7-11(3)19-15(20)12-8-14(17-4)18-9-13(12)16/h8-11H,5-7H2,1-4H3,(H,17,18)(H,19,20). The number of pyridine rings is 1. The molecule has 112 valence electrons. The Labute approximate surface area is 126 Å². The van der Waals surface area contributed by atoms with Gasteiger partial charge in [0.1, 0.15) is 5.82 Å². The average molecular weight is 298 g/mol. The largest absolute Gasteiger partial charge is 0.373 e. The summed E-state index contributed by atoms with van der Waals surface area (Å²) in [5.41, 5.74) is 0.460. The number of aromatic nitrogens is 1. The van der Waals surface area contributed by atoms with Gasteiger partial charge in [-0.1, -0.05) is 38.3 Å². The molecule has 0 saturated carbocycles. The maximum Gasteiger partial charge on any atom is 0.253 e. The molecule has 0 aliphatic rings. The molecule has 0 spiro atoms. The molecule has 0 bridgehead atoms. The van der Waals surface area contributed by atoms with Crippen LogP contribution in [-0.4, -0.2) is 24.0 Å². The lowest BCUT2D eigenvalue weighted by atomic mass is 10.0. The van der Waals surface area contributed by atoms with E-state index in [1.165, 1.54) is 12.6 Å². The van der Waals surface area contributed by atoms with Crippen molar-refractivity contribution >= 4 is 23.3 Å². The first-order valence-electron chi connectivity index (χ1n) is 7.08. The number of nitrogens with zero attached hydrogens (tertiary/aromatic N) is 1. The van der Waals surface area contributed by atoms with Gasteiger partial charge in [0.2, 0.25) is 0 Å². The van der Waals surface area contributed by atoms with Crippen LogP contribution in [0.1, 0.15) is 50.4 Å². The molecule has 1 aromatic heterocycles. The highest BCUT2D eigenvalue weighted by Gasteiger charge is 2.14. The van der Waals surface area contributed by atoms with E-state index in [-0.39, 0.29) is 11.9 Å². The van der Waals surface area contributed by atoms with Gasteiger partial charge in [-0.15, -0.1) is 0 Å². The molecule has 0 aliphatic carbocycles. The topological polar surface area (TPSA) is 54.0 Å². The van der Waals surface area contributed by atoms with E-state index in [0.29, 0.717) is 22.3 Å². The summed E-state index contributed by atoms with van der Waals surface area (Å²) in [5, 5.41) is 6.25. The minimum absolute atomic E-state index is 0.142. The van der Waals surface area contributed by atoms with Gasteiger partial charge in [0.15, 0.2) is 0 Å². The molecule has 0 radical (unpaired) electrons. The van der Waals surface area contributed by atoms with Gasteiger partial charge in [-0.3, -0.25) is 4.79 Å². The van der Waals surface area contributed by atoms with Gasteiger partial charge >= 0.3 is 0 Å². The molecule has 1 aromatic rings. The second-order valence-electron chi connectivity index (χ2n) is 5.50. The fourth-order valence-corrected chi connectivity index (χ4v) is 2.14. The highest BCUT2D eigenvalue weighted by atomic mass is 35.5. The molecule has 1 atom stereocenters. The molecular weight excluding hydrogens is 274 g/mol. The maximum atomic E-state index is 12.2. The Morgan fingerprint density at radius 1 is 1.35 bits per heavy atom. The molecular formula is C15H24ClN3O. The minimum Gasteiger partial charge on any atom is -0.373 e. The fraction of sp³-hybridized carbons (Fsp3) is 0.600. The lowest BCUT2D eigenvalue weighted by molar-refractivity contribution is 0.0938. The van der Waals surface area contributed by atoms with E-state index in [2.05, 4.69) is 29.5 Å². The van der Waals surface area contributed by atoms with E-state index in [9.17, 15) is 4.79 Å². The van der Waals surface area contributed by atoms with E-state index >= 15 is 0 Å². The summed E-state index contributed by atoms with van der Waals surface area (Å²) >= 11 is 6.03. The SMILES string of the molecule is CNc1cc(C(=O)NC(C)CCCC(C)C)c(Cl)cn1. The van der Waals surface area contributed by atoms with E-state index in [0.717, 1.165) is 12.8 Å². The first kappa shape index (κ1) is 16.8. The zero-order valence-corrected chi connectivity index (χ0v) is 13.4. The maximum absolute atomic E-state index is 12.2. The Kier molecular flexibility index (Phi) is 6.79. The molecule has 20 heavy (non-hydrogen) atoms. The van der Waals surface area contributed by atoms with Crippen molar-refractivity contribution < 1.29 is 4.79 Å². The smallest absolute Gasteiger partial charge is 0.253 e. The summed E-state index contributed by atoms with van der Waals surface area (Å²) in [7, 11) is 1.76. The van der Waals surface area contributed by atoms with Gasteiger partial charge in [0, 0.05) is 19.3 Å². The summed E-state index contributed by atoms with van der Waals surface area (Å²) in [4.78, 5) is 16.3. The van der Waals surface area contributed by atoms with Crippen LogP contribution in [0.4, 0.5) is 5.82 Å². The Morgan fingerprint density at radius 3 is 2.65 bits per heavy atom. The molecule has 1 unspecified atom stereocenters. The zero-order valence-electron chi connectivity index (χ0n) is 12.7. The fourth-order valence-electron chi connectivity index (χ4n) is 1.96. The van der Waals surface area contributed by atoms with Crippen molar-refractivity contribution in [2.75, 3.05) is 12.4 Å². The third-order valence-corrected chi connectivity index (χ3v) is 3.45. The van der Waals surface area contributed by atoms with Crippen molar-refractivity contribution in [2.24, 2.45) is 5.92 Å². The number of amides is 1. The average Bonchev–Trinajstić information content (AvgIpc) is 2.38. The van der Waals surface area contributed by atoms with Gasteiger partial charge in [0.25, 0.3) is 5.91 Å². The second-order valence-corrected chi connectivity index (χ2v) is 5.91. The third kappa shape index (κ3) is 5.37. The summed E-state index contributed by atoms with van der Waals surface area (Å²) in [6.07, 6.45) is 4.77. The van der Waals surface area contributed by atoms with Gasteiger partial charge in [0.05, 0.1) is 10.6 Å². The van der Waals surface area contributed by atoms with Crippen LogP contribution >= 0.6 is 11.6 Å². The minimum atomic E-state index is -0.147. The lowest BCUT2D eigenvalue weighted by Crippen LogP contribution is -2.32. The van der Waals surface area contributed by atoms with Gasteiger partial charge in [-0.25, -0.2) is 4.98 Å². The zero-order chi connectivity index (χ0) is 15.1. The van der Waals surface area contributed by atoms with Crippen molar-refractivity contribution in [3.8, 4) is 0 Å². The number of nitrogens with one attached hydrogen (secondary N) is 2. The van der Waals surface area contributed by atoms with Crippen LogP contribution in [0.25, 0.3) is 0 Å². The number of halogens is 1. The van der Waals surface area contributed by atoms with Gasteiger partial charge in [-0.2, -0.15) is 0 Å². The summed E-state index contributed by atoms with van der Waals surface area (Å²) in [6, 6.07) is 1.81. The molecule has 5 heteroatoms. The Morgan fingerprint density at radius 2 is 2.05 bits per heavy atom. The normalized spacial score (nSPS) is 12.3. The Hall–Kier alpha value is -1.29. The monoisotopic (exact) mass is 297 g/mol. The van der Waals surface area contributed by atoms with E-state index < -0.39 is 0 Å². The number of hydrogen-bond donors (Lipinski definition) is 2. The van der Waals surface area contributed by atoms with Crippen LogP contribution in [-0.2, 0) is 0 Å². The predicted molar refractivity (Wildman–Crippen MR) is 84.4 cm³/mol. The number of carbonyl (C=O) groups is 1. The first-order chi connectivity index (χ1) is 9.43. The highest BCUT2D eigenvalue weighted by Crippen LogP contribution is 2.18. The van der Waals surface area contributed by atoms with Crippen LogP contribution in [0.15, 0.2) is 12.3 Å². The number of carbonyl (C=O) groups excluding carboxylic acids is 1. The van der Waals surface area contributed by atoms with Gasteiger partial charge < -0.3 is 10.6 Å². The molecule has 1 amide bonds. The molecule has 4 nitrogen and oxygen atoms in total. The summed E-state index contributed by atoms with van der Waals surface area (Å²) in [5.74, 6) is 1.18. The van der Waals surface area contributed by atoms with Crippen molar-refractivity contribution in [2.45, 2.75) is 46.1 Å². The van der Waals surface area contributed by atoms with Crippen LogP contribution in [0.5, 0.6) is 0 Å². The van der Waals surface area contributed by atoms with Crippen LogP contribution < -0.4 is 10.6 Å². The van der Waals surface area contributed by atoms with Crippen molar-refractivity contribution in [1.82, 2.24) is 10.3 Å². The van der Waals surface area contributed by atoms with Crippen molar-refractivity contribution in [3.63, 3.8) is 0 Å². The van der Waals surface area contributed by atoms with E-state index in [1.807, 2.05) is 6.92 Å². The molecule has 0 fully saturated rings. The number of rotatable bonds is 7. The lowest BCUT2D eigenvalue weighted by Gasteiger charge is -2.15. The van der Waals surface area contributed by atoms with Crippen LogP contribution in [0.2, 0.25) is 5.02 Å². The van der Waals surface area contributed by atoms with Gasteiger partial charge in [-0.05, 0) is 25.3 Å². The first-order valence-corrected chi connectivity index (χ1v) is 7.46. The van der Waals surface area contributed by atoms with Crippen LogP contribution in [0, 0.1) is 5.92 Å². The molecule has 0 aromatic carbocycles. The van der Waals surface area contributed by atoms with Crippen molar-refractivity contribution in [1.29, 1.82) is 0 Å². The number of hydrogen-bond acceptors (Lipinski definition) is 3. The predicted octanol–water partition coefficient (Wildman–Crippen LogP) is 3.72. The second kappa shape index (κ2) is 8.10. The molecule has 2 N–H and O–H groups in total. The summed E-state index contributed by atoms with van der Waals surface area (Å²) in [6.45, 7) is 6.44. The van der Waals surface area contributed by atoms with Crippen LogP contribution in [0.3, 0.4) is 0 Å². The molecule has 0 aliphatic heterocycles. The Balaban J connectivity index is 2.57. The third-order valence-electron chi connectivity index (χ3n) is 3.15. The van der Waals surface area contributed by atoms with Crippen molar-refractivity contribution in [3.05, 3.63) is 22.8 Å². The quantitative estimate of drug-likeness (QED) is 0.806. The van der Waals surface area contributed by atoms with E-state index in [4.69, 9.17) is 11.6 Å². The molecule has 1 heterocycles. The molecule has 0 saturated heterocycles. The molecule has 1 rings (SSSR count).